The molecule has 2 unspecified atom stereocenters. The molecule has 2 atom stereocenters. The molecule has 0 aromatic carbocycles. The van der Waals surface area contributed by atoms with Gasteiger partial charge in [-0.05, 0) is 37.7 Å². The number of fused-ring (bicyclic) bond motifs is 1. The largest absolute Gasteiger partial charge is 0.477 e. The van der Waals surface area contributed by atoms with Crippen molar-refractivity contribution in [2.45, 2.75) is 32.6 Å². The molecule has 5 heteroatoms. The molecule has 0 aliphatic heterocycles. The second-order valence-corrected chi connectivity index (χ2v) is 5.67. The van der Waals surface area contributed by atoms with Crippen LogP contribution >= 0.6 is 0 Å². The van der Waals surface area contributed by atoms with E-state index < -0.39 is 5.97 Å². The van der Waals surface area contributed by atoms with Crippen LogP contribution in [0.2, 0.25) is 0 Å². The van der Waals surface area contributed by atoms with E-state index >= 15 is 0 Å². The van der Waals surface area contributed by atoms with Gasteiger partial charge in [0.2, 0.25) is 5.91 Å². The predicted molar refractivity (Wildman–Crippen MR) is 70.1 cm³/mol. The zero-order valence-electron chi connectivity index (χ0n) is 10.9. The number of carbonyl (C=O) groups is 2. The highest BCUT2D eigenvalue weighted by molar-refractivity contribution is 6.01. The summed E-state index contributed by atoms with van der Waals surface area (Å²) in [4.78, 5) is 26.0. The first-order valence-corrected chi connectivity index (χ1v) is 6.81. The molecular formula is C14H18N2O3. The predicted octanol–water partition coefficient (Wildman–Crippen LogP) is 2.40. The van der Waals surface area contributed by atoms with Gasteiger partial charge in [0.25, 0.3) is 0 Å². The van der Waals surface area contributed by atoms with Crippen LogP contribution in [0.4, 0.5) is 5.69 Å². The van der Waals surface area contributed by atoms with E-state index in [1.165, 1.54) is 12.8 Å². The monoisotopic (exact) mass is 262 g/mol. The molecule has 3 N–H and O–H groups in total. The van der Waals surface area contributed by atoms with Crippen LogP contribution in [0.5, 0.6) is 0 Å². The second kappa shape index (κ2) is 4.40. The van der Waals surface area contributed by atoms with Crippen molar-refractivity contribution in [2.75, 3.05) is 5.32 Å². The summed E-state index contributed by atoms with van der Waals surface area (Å²) in [6, 6.07) is 1.67. The summed E-state index contributed by atoms with van der Waals surface area (Å²) in [5.74, 6) is 0.0958. The molecule has 2 saturated carbocycles. The van der Waals surface area contributed by atoms with Crippen LogP contribution in [-0.2, 0) is 4.79 Å². The molecule has 0 radical (unpaired) electrons. The minimum Gasteiger partial charge on any atom is -0.477 e. The Morgan fingerprint density at radius 3 is 2.53 bits per heavy atom. The maximum absolute atomic E-state index is 12.2. The van der Waals surface area contributed by atoms with Gasteiger partial charge in [-0.3, -0.25) is 4.79 Å². The molecule has 5 nitrogen and oxygen atoms in total. The number of anilines is 1. The Bertz CT molecular complexity index is 523. The van der Waals surface area contributed by atoms with Crippen LogP contribution < -0.4 is 5.32 Å². The third kappa shape index (κ3) is 2.13. The standard InChI is InChI=1S/C14H18N2O3/c1-7-6-10(12(15-7)14(18)19)16-13(17)11-8-4-2-3-5-9(8)11/h6,8-9,11,15H,2-5H2,1H3,(H,16,17)(H,18,19). The summed E-state index contributed by atoms with van der Waals surface area (Å²) in [6.07, 6.45) is 4.71. The van der Waals surface area contributed by atoms with E-state index in [1.807, 2.05) is 0 Å². The van der Waals surface area contributed by atoms with E-state index in [9.17, 15) is 9.59 Å². The Morgan fingerprint density at radius 1 is 1.32 bits per heavy atom. The molecule has 1 heterocycles. The Balaban J connectivity index is 1.72. The lowest BCUT2D eigenvalue weighted by Crippen LogP contribution is -2.17. The number of amides is 1. The van der Waals surface area contributed by atoms with Gasteiger partial charge in [-0.15, -0.1) is 0 Å². The van der Waals surface area contributed by atoms with Gasteiger partial charge in [0.1, 0.15) is 5.69 Å². The number of H-pyrrole nitrogens is 1. The van der Waals surface area contributed by atoms with Gasteiger partial charge in [0.15, 0.2) is 0 Å². The third-order valence-electron chi connectivity index (χ3n) is 4.38. The van der Waals surface area contributed by atoms with Crippen molar-refractivity contribution in [3.05, 3.63) is 17.5 Å². The fourth-order valence-corrected chi connectivity index (χ4v) is 3.45. The fourth-order valence-electron chi connectivity index (χ4n) is 3.45. The lowest BCUT2D eigenvalue weighted by atomic mass is 10.0. The number of carboxylic acid groups (broad SMARTS) is 1. The molecule has 0 saturated heterocycles. The number of rotatable bonds is 3. The van der Waals surface area contributed by atoms with E-state index in [1.54, 1.807) is 13.0 Å². The van der Waals surface area contributed by atoms with Crippen molar-refractivity contribution >= 4 is 17.6 Å². The van der Waals surface area contributed by atoms with Crippen molar-refractivity contribution < 1.29 is 14.7 Å². The molecule has 19 heavy (non-hydrogen) atoms. The third-order valence-corrected chi connectivity index (χ3v) is 4.38. The Kier molecular flexibility index (Phi) is 2.84. The molecule has 2 fully saturated rings. The van der Waals surface area contributed by atoms with Gasteiger partial charge in [-0.1, -0.05) is 12.8 Å². The fraction of sp³-hybridized carbons (Fsp3) is 0.571. The van der Waals surface area contributed by atoms with Gasteiger partial charge in [-0.25, -0.2) is 4.79 Å². The van der Waals surface area contributed by atoms with Crippen molar-refractivity contribution in [3.8, 4) is 0 Å². The Morgan fingerprint density at radius 2 is 1.95 bits per heavy atom. The Labute approximate surface area is 111 Å². The number of carbonyl (C=O) groups excluding carboxylic acids is 1. The molecule has 2 aliphatic rings. The number of aromatic amines is 1. The summed E-state index contributed by atoms with van der Waals surface area (Å²) >= 11 is 0. The maximum Gasteiger partial charge on any atom is 0.354 e. The zero-order chi connectivity index (χ0) is 13.6. The lowest BCUT2D eigenvalue weighted by molar-refractivity contribution is -0.117. The van der Waals surface area contributed by atoms with Crippen molar-refractivity contribution in [3.63, 3.8) is 0 Å². The minimum atomic E-state index is -1.04. The number of nitrogens with one attached hydrogen (secondary N) is 2. The smallest absolute Gasteiger partial charge is 0.354 e. The molecule has 1 amide bonds. The molecule has 2 aliphatic carbocycles. The number of aromatic nitrogens is 1. The summed E-state index contributed by atoms with van der Waals surface area (Å²) in [6.45, 7) is 1.78. The van der Waals surface area contributed by atoms with E-state index in [-0.39, 0.29) is 17.5 Å². The van der Waals surface area contributed by atoms with Gasteiger partial charge >= 0.3 is 5.97 Å². The highest BCUT2D eigenvalue weighted by atomic mass is 16.4. The molecular weight excluding hydrogens is 244 g/mol. The number of carboxylic acids is 1. The normalized spacial score (nSPS) is 28.6. The number of aromatic carboxylic acids is 1. The summed E-state index contributed by atoms with van der Waals surface area (Å²) in [5.41, 5.74) is 1.19. The lowest BCUT2D eigenvalue weighted by Gasteiger charge is -2.04. The SMILES string of the molecule is Cc1cc(NC(=O)C2C3CCCCC32)c(C(=O)O)[nH]1. The van der Waals surface area contributed by atoms with Crippen molar-refractivity contribution in [2.24, 2.45) is 17.8 Å². The van der Waals surface area contributed by atoms with Crippen LogP contribution in [0.1, 0.15) is 41.9 Å². The van der Waals surface area contributed by atoms with Crippen LogP contribution in [0, 0.1) is 24.7 Å². The van der Waals surface area contributed by atoms with Crippen molar-refractivity contribution in [1.29, 1.82) is 0 Å². The van der Waals surface area contributed by atoms with Crippen LogP contribution in [0.3, 0.4) is 0 Å². The molecule has 0 spiro atoms. The van der Waals surface area contributed by atoms with Crippen LogP contribution in [0.15, 0.2) is 6.07 Å². The van der Waals surface area contributed by atoms with Crippen molar-refractivity contribution in [1.82, 2.24) is 4.98 Å². The minimum absolute atomic E-state index is 0.0154. The molecule has 3 rings (SSSR count). The highest BCUT2D eigenvalue weighted by Crippen LogP contribution is 2.55. The van der Waals surface area contributed by atoms with Gasteiger partial charge < -0.3 is 15.4 Å². The summed E-state index contributed by atoms with van der Waals surface area (Å²) < 4.78 is 0. The summed E-state index contributed by atoms with van der Waals surface area (Å²) in [7, 11) is 0. The topological polar surface area (TPSA) is 82.2 Å². The maximum atomic E-state index is 12.2. The zero-order valence-corrected chi connectivity index (χ0v) is 10.9. The summed E-state index contributed by atoms with van der Waals surface area (Å²) in [5, 5.41) is 11.8. The molecule has 1 aromatic rings. The second-order valence-electron chi connectivity index (χ2n) is 5.67. The van der Waals surface area contributed by atoms with E-state index in [4.69, 9.17) is 5.11 Å². The van der Waals surface area contributed by atoms with Gasteiger partial charge in [0.05, 0.1) is 5.69 Å². The molecule has 102 valence electrons. The average molecular weight is 262 g/mol. The number of aryl methyl sites for hydroxylation is 1. The van der Waals surface area contributed by atoms with Crippen LogP contribution in [-0.4, -0.2) is 22.0 Å². The van der Waals surface area contributed by atoms with E-state index in [0.29, 0.717) is 17.5 Å². The van der Waals surface area contributed by atoms with E-state index in [0.717, 1.165) is 18.5 Å². The van der Waals surface area contributed by atoms with Gasteiger partial charge in [0, 0.05) is 11.6 Å². The van der Waals surface area contributed by atoms with Crippen LogP contribution in [0.25, 0.3) is 0 Å². The number of hydrogen-bond acceptors (Lipinski definition) is 2. The van der Waals surface area contributed by atoms with Gasteiger partial charge in [-0.2, -0.15) is 0 Å². The molecule has 1 aromatic heterocycles. The average Bonchev–Trinajstić information content (AvgIpc) is 2.98. The number of hydrogen-bond donors (Lipinski definition) is 3. The highest BCUT2D eigenvalue weighted by Gasteiger charge is 2.54. The van der Waals surface area contributed by atoms with E-state index in [2.05, 4.69) is 10.3 Å². The first-order chi connectivity index (χ1) is 9.08. The quantitative estimate of drug-likeness (QED) is 0.782. The first-order valence-electron chi connectivity index (χ1n) is 6.81. The first kappa shape index (κ1) is 12.3. The molecule has 0 bridgehead atoms. The Hall–Kier alpha value is -1.78.